The summed E-state index contributed by atoms with van der Waals surface area (Å²) in [6.07, 6.45) is 2.13. The summed E-state index contributed by atoms with van der Waals surface area (Å²) in [5.74, 6) is 0.0528. The van der Waals surface area contributed by atoms with Crippen LogP contribution >= 0.6 is 0 Å². The largest absolute Gasteiger partial charge is 0.376 e. The highest BCUT2D eigenvalue weighted by atomic mass is 19.1. The first-order chi connectivity index (χ1) is 12.7. The molecule has 3 aromatic rings. The fourth-order valence-corrected chi connectivity index (χ4v) is 3.20. The van der Waals surface area contributed by atoms with Crippen molar-refractivity contribution in [3.63, 3.8) is 0 Å². The second-order valence-electron chi connectivity index (χ2n) is 6.38. The third-order valence-corrected chi connectivity index (χ3v) is 4.52. The minimum Gasteiger partial charge on any atom is -0.376 e. The average molecular weight is 354 g/mol. The minimum atomic E-state index is -0.354. The van der Waals surface area contributed by atoms with Crippen molar-refractivity contribution in [1.29, 1.82) is 0 Å². The van der Waals surface area contributed by atoms with Crippen LogP contribution in [-0.4, -0.2) is 29.3 Å². The molecule has 1 aliphatic heterocycles. The monoisotopic (exact) mass is 354 g/mol. The molecule has 134 valence electrons. The Morgan fingerprint density at radius 1 is 1.27 bits per heavy atom. The molecule has 0 bridgehead atoms. The Morgan fingerprint density at radius 2 is 2.15 bits per heavy atom. The number of aromatic amines is 1. The van der Waals surface area contributed by atoms with E-state index >= 15 is 0 Å². The molecule has 6 heteroatoms. The molecule has 1 atom stereocenters. The Balaban J connectivity index is 1.64. The smallest absolute Gasteiger partial charge is 0.259 e. The molecule has 1 aromatic heterocycles. The second kappa shape index (κ2) is 7.35. The number of ether oxygens (including phenoxy) is 2. The van der Waals surface area contributed by atoms with E-state index in [0.717, 1.165) is 19.4 Å². The number of halogens is 1. The maximum Gasteiger partial charge on any atom is 0.259 e. The molecule has 4 rings (SSSR count). The van der Waals surface area contributed by atoms with E-state index in [1.54, 1.807) is 24.3 Å². The number of benzene rings is 2. The van der Waals surface area contributed by atoms with Crippen LogP contribution in [0, 0.1) is 5.82 Å². The Bertz CT molecular complexity index is 980. The zero-order chi connectivity index (χ0) is 17.9. The van der Waals surface area contributed by atoms with E-state index in [1.807, 2.05) is 6.07 Å². The first-order valence-corrected chi connectivity index (χ1v) is 8.68. The Kier molecular flexibility index (Phi) is 4.77. The summed E-state index contributed by atoms with van der Waals surface area (Å²) in [6, 6.07) is 11.5. The Hall–Kier alpha value is -2.57. The third kappa shape index (κ3) is 3.52. The van der Waals surface area contributed by atoms with Gasteiger partial charge in [-0.05, 0) is 48.7 Å². The Morgan fingerprint density at radius 3 is 3.00 bits per heavy atom. The predicted molar refractivity (Wildman–Crippen MR) is 96.4 cm³/mol. The zero-order valence-corrected chi connectivity index (χ0v) is 14.2. The van der Waals surface area contributed by atoms with Gasteiger partial charge in [0.2, 0.25) is 0 Å². The second-order valence-corrected chi connectivity index (χ2v) is 6.38. The molecule has 0 spiro atoms. The molecule has 2 heterocycles. The van der Waals surface area contributed by atoms with Crippen LogP contribution in [0.1, 0.15) is 18.4 Å². The molecule has 1 fully saturated rings. The number of para-hydroxylation sites is 1. The average Bonchev–Trinajstić information content (AvgIpc) is 3.15. The van der Waals surface area contributed by atoms with Gasteiger partial charge in [0.05, 0.1) is 30.2 Å². The Labute approximate surface area is 149 Å². The van der Waals surface area contributed by atoms with Gasteiger partial charge >= 0.3 is 0 Å². The van der Waals surface area contributed by atoms with Crippen LogP contribution < -0.4 is 5.56 Å². The summed E-state index contributed by atoms with van der Waals surface area (Å²) >= 11 is 0. The van der Waals surface area contributed by atoms with Crippen LogP contribution in [0.15, 0.2) is 47.3 Å². The summed E-state index contributed by atoms with van der Waals surface area (Å²) in [7, 11) is 0. The highest BCUT2D eigenvalue weighted by Gasteiger charge is 2.16. The van der Waals surface area contributed by atoms with Gasteiger partial charge in [-0.2, -0.15) is 0 Å². The highest BCUT2D eigenvalue weighted by molar-refractivity contribution is 5.79. The topological polar surface area (TPSA) is 64.2 Å². The first-order valence-electron chi connectivity index (χ1n) is 8.68. The van der Waals surface area contributed by atoms with Gasteiger partial charge in [0, 0.05) is 12.2 Å². The maximum atomic E-state index is 13.8. The highest BCUT2D eigenvalue weighted by Crippen LogP contribution is 2.23. The van der Waals surface area contributed by atoms with Crippen molar-refractivity contribution in [3.8, 4) is 11.4 Å². The molecular weight excluding hydrogens is 335 g/mol. The lowest BCUT2D eigenvalue weighted by Gasteiger charge is -2.13. The van der Waals surface area contributed by atoms with Gasteiger partial charge in [-0.15, -0.1) is 0 Å². The fourth-order valence-electron chi connectivity index (χ4n) is 3.20. The molecule has 5 nitrogen and oxygen atoms in total. The van der Waals surface area contributed by atoms with Crippen molar-refractivity contribution >= 4 is 10.9 Å². The number of nitrogens with one attached hydrogen (secondary N) is 1. The molecule has 0 aliphatic carbocycles. The lowest BCUT2D eigenvalue weighted by Crippen LogP contribution is -2.14. The number of fused-ring (bicyclic) bond motifs is 1. The standard InChI is InChI=1S/C20H19FN2O3/c21-14-7-8-16(13(10-14)11-25-12-15-4-3-9-26-15)19-22-18-6-2-1-5-17(18)20(24)23-19/h1-2,5-8,10,15H,3-4,9,11-12H2,(H,22,23,24). The molecule has 0 amide bonds. The number of nitrogens with zero attached hydrogens (tertiary/aromatic N) is 1. The van der Waals surface area contributed by atoms with E-state index in [4.69, 9.17) is 9.47 Å². The SMILES string of the molecule is O=c1[nH]c(-c2ccc(F)cc2COCC2CCCO2)nc2ccccc12. The van der Waals surface area contributed by atoms with E-state index in [1.165, 1.54) is 12.1 Å². The van der Waals surface area contributed by atoms with E-state index in [0.29, 0.717) is 34.5 Å². The van der Waals surface area contributed by atoms with E-state index in [2.05, 4.69) is 9.97 Å². The number of hydrogen-bond donors (Lipinski definition) is 1. The van der Waals surface area contributed by atoms with Crippen LogP contribution in [0.3, 0.4) is 0 Å². The van der Waals surface area contributed by atoms with Crippen molar-refractivity contribution < 1.29 is 13.9 Å². The summed E-state index contributed by atoms with van der Waals surface area (Å²) < 4.78 is 25.0. The van der Waals surface area contributed by atoms with Gasteiger partial charge < -0.3 is 14.5 Å². The van der Waals surface area contributed by atoms with Crippen molar-refractivity contribution in [1.82, 2.24) is 9.97 Å². The third-order valence-electron chi connectivity index (χ3n) is 4.52. The maximum absolute atomic E-state index is 13.8. The quantitative estimate of drug-likeness (QED) is 0.762. The van der Waals surface area contributed by atoms with Crippen LogP contribution in [0.5, 0.6) is 0 Å². The molecule has 2 aromatic carbocycles. The molecule has 1 unspecified atom stereocenters. The van der Waals surface area contributed by atoms with E-state index in [9.17, 15) is 9.18 Å². The number of aromatic nitrogens is 2. The van der Waals surface area contributed by atoms with E-state index in [-0.39, 0.29) is 24.1 Å². The summed E-state index contributed by atoms with van der Waals surface area (Å²) in [6.45, 7) is 1.46. The van der Waals surface area contributed by atoms with Gasteiger partial charge in [0.15, 0.2) is 0 Å². The molecule has 1 aliphatic rings. The first kappa shape index (κ1) is 16.9. The fraction of sp³-hybridized carbons (Fsp3) is 0.300. The van der Waals surface area contributed by atoms with Gasteiger partial charge in [-0.1, -0.05) is 12.1 Å². The lowest BCUT2D eigenvalue weighted by atomic mass is 10.1. The molecule has 0 radical (unpaired) electrons. The van der Waals surface area contributed by atoms with Gasteiger partial charge in [0.1, 0.15) is 11.6 Å². The van der Waals surface area contributed by atoms with Crippen LogP contribution in [0.4, 0.5) is 4.39 Å². The molecular formula is C20H19FN2O3. The number of H-pyrrole nitrogens is 1. The van der Waals surface area contributed by atoms with Crippen molar-refractivity contribution in [2.24, 2.45) is 0 Å². The van der Waals surface area contributed by atoms with Crippen LogP contribution in [0.2, 0.25) is 0 Å². The van der Waals surface area contributed by atoms with Gasteiger partial charge in [0.25, 0.3) is 5.56 Å². The van der Waals surface area contributed by atoms with Crippen LogP contribution in [0.25, 0.3) is 22.3 Å². The normalized spacial score (nSPS) is 17.0. The molecule has 26 heavy (non-hydrogen) atoms. The summed E-state index contributed by atoms with van der Waals surface area (Å²) in [5.41, 5.74) is 1.67. The minimum absolute atomic E-state index is 0.102. The molecule has 0 saturated carbocycles. The van der Waals surface area contributed by atoms with Crippen molar-refractivity contribution in [3.05, 3.63) is 64.2 Å². The van der Waals surface area contributed by atoms with Gasteiger partial charge in [-0.3, -0.25) is 4.79 Å². The van der Waals surface area contributed by atoms with Crippen LogP contribution in [-0.2, 0) is 16.1 Å². The zero-order valence-electron chi connectivity index (χ0n) is 14.2. The lowest BCUT2D eigenvalue weighted by molar-refractivity contribution is 0.0106. The predicted octanol–water partition coefficient (Wildman–Crippen LogP) is 3.42. The van der Waals surface area contributed by atoms with E-state index < -0.39 is 0 Å². The van der Waals surface area contributed by atoms with Gasteiger partial charge in [-0.25, -0.2) is 9.37 Å². The number of hydrogen-bond acceptors (Lipinski definition) is 4. The summed E-state index contributed by atoms with van der Waals surface area (Å²) in [5, 5.41) is 0.523. The van der Waals surface area contributed by atoms with Crippen molar-refractivity contribution in [2.45, 2.75) is 25.6 Å². The molecule has 1 N–H and O–H groups in total. The summed E-state index contributed by atoms with van der Waals surface area (Å²) in [4.78, 5) is 19.6. The molecule has 1 saturated heterocycles. The van der Waals surface area contributed by atoms with Crippen molar-refractivity contribution in [2.75, 3.05) is 13.2 Å². The number of rotatable bonds is 5.